The van der Waals surface area contributed by atoms with E-state index in [9.17, 15) is 4.79 Å². The summed E-state index contributed by atoms with van der Waals surface area (Å²) >= 11 is 8.80. The summed E-state index contributed by atoms with van der Waals surface area (Å²) in [4.78, 5) is 20.2. The summed E-state index contributed by atoms with van der Waals surface area (Å²) in [7, 11) is 0. The van der Waals surface area contributed by atoms with E-state index in [1.165, 1.54) is 22.7 Å². The van der Waals surface area contributed by atoms with Crippen molar-refractivity contribution in [2.24, 2.45) is 0 Å². The summed E-state index contributed by atoms with van der Waals surface area (Å²) in [6.07, 6.45) is 2.01. The molecule has 1 aromatic carbocycles. The number of benzene rings is 1. The van der Waals surface area contributed by atoms with Gasteiger partial charge in [-0.3, -0.25) is 9.69 Å². The molecule has 4 rings (SSSR count). The van der Waals surface area contributed by atoms with Gasteiger partial charge in [-0.15, -0.1) is 11.3 Å². The minimum Gasteiger partial charge on any atom is -0.494 e. The van der Waals surface area contributed by atoms with E-state index in [0.717, 1.165) is 35.4 Å². The number of rotatable bonds is 6. The predicted molar refractivity (Wildman–Crippen MR) is 111 cm³/mol. The summed E-state index contributed by atoms with van der Waals surface area (Å²) in [5.41, 5.74) is 0.854. The fourth-order valence-corrected chi connectivity index (χ4v) is 5.06. The Kier molecular flexibility index (Phi) is 5.63. The van der Waals surface area contributed by atoms with Gasteiger partial charge < -0.3 is 9.47 Å². The zero-order valence-corrected chi connectivity index (χ0v) is 17.2. The average Bonchev–Trinajstić information content (AvgIpc) is 3.39. The van der Waals surface area contributed by atoms with E-state index in [4.69, 9.17) is 26.1 Å². The Morgan fingerprint density at radius 2 is 2.26 bits per heavy atom. The Balaban J connectivity index is 1.68. The molecule has 0 saturated carbocycles. The van der Waals surface area contributed by atoms with E-state index in [1.807, 2.05) is 25.1 Å². The van der Waals surface area contributed by atoms with Gasteiger partial charge in [-0.05, 0) is 50.1 Å². The molecule has 1 unspecified atom stereocenters. The second-order valence-corrected chi connectivity index (χ2v) is 8.94. The molecule has 1 atom stereocenters. The summed E-state index contributed by atoms with van der Waals surface area (Å²) in [5.74, 6) is 0.716. The molecule has 0 N–H and O–H groups in total. The highest BCUT2D eigenvalue weighted by Gasteiger charge is 2.27. The lowest BCUT2D eigenvalue weighted by atomic mass is 10.2. The molecule has 1 fully saturated rings. The van der Waals surface area contributed by atoms with E-state index in [2.05, 4.69) is 0 Å². The number of thiophene rings is 1. The average molecular weight is 423 g/mol. The number of ether oxygens (including phenoxy) is 2. The van der Waals surface area contributed by atoms with Gasteiger partial charge in [0.15, 0.2) is 5.13 Å². The second kappa shape index (κ2) is 8.14. The van der Waals surface area contributed by atoms with Gasteiger partial charge in [-0.2, -0.15) is 0 Å². The standard InChI is InChI=1S/C19H19ClN2O3S2/c1-2-24-12-5-6-14-16(10-12)27-19(21-14)22(11-13-4-3-9-25-13)18(23)15-7-8-17(20)26-15/h5-8,10,13H,2-4,9,11H2,1H3. The number of fused-ring (bicyclic) bond motifs is 1. The van der Waals surface area contributed by atoms with Crippen molar-refractivity contribution in [3.63, 3.8) is 0 Å². The van der Waals surface area contributed by atoms with Crippen molar-refractivity contribution in [3.8, 4) is 5.75 Å². The molecule has 1 aliphatic rings. The quantitative estimate of drug-likeness (QED) is 0.545. The second-order valence-electron chi connectivity index (χ2n) is 6.21. The van der Waals surface area contributed by atoms with Crippen LogP contribution < -0.4 is 9.64 Å². The number of amides is 1. The van der Waals surface area contributed by atoms with E-state index in [-0.39, 0.29) is 12.0 Å². The summed E-state index contributed by atoms with van der Waals surface area (Å²) in [5, 5.41) is 0.670. The fourth-order valence-electron chi connectivity index (χ4n) is 3.07. The number of hydrogen-bond donors (Lipinski definition) is 0. The third kappa shape index (κ3) is 4.11. The third-order valence-corrected chi connectivity index (χ3v) is 6.59. The summed E-state index contributed by atoms with van der Waals surface area (Å²) in [6.45, 7) is 3.80. The Bertz CT molecular complexity index is 949. The Hall–Kier alpha value is -1.67. The maximum atomic E-state index is 13.2. The summed E-state index contributed by atoms with van der Waals surface area (Å²) < 4.78 is 12.9. The van der Waals surface area contributed by atoms with Crippen LogP contribution in [0.4, 0.5) is 5.13 Å². The van der Waals surface area contributed by atoms with E-state index >= 15 is 0 Å². The lowest BCUT2D eigenvalue weighted by Crippen LogP contribution is -2.37. The van der Waals surface area contributed by atoms with Crippen molar-refractivity contribution < 1.29 is 14.3 Å². The van der Waals surface area contributed by atoms with Crippen LogP contribution in [0.1, 0.15) is 29.4 Å². The third-order valence-electron chi connectivity index (χ3n) is 4.33. The first kappa shape index (κ1) is 18.7. The van der Waals surface area contributed by atoms with Gasteiger partial charge in [-0.1, -0.05) is 22.9 Å². The molecule has 142 valence electrons. The van der Waals surface area contributed by atoms with Gasteiger partial charge in [0, 0.05) is 6.61 Å². The molecule has 0 bridgehead atoms. The number of carbonyl (C=O) groups is 1. The van der Waals surface area contributed by atoms with E-state index in [0.29, 0.717) is 27.5 Å². The van der Waals surface area contributed by atoms with Crippen LogP contribution in [0.5, 0.6) is 5.75 Å². The lowest BCUT2D eigenvalue weighted by Gasteiger charge is -2.22. The highest BCUT2D eigenvalue weighted by Crippen LogP contribution is 2.34. The van der Waals surface area contributed by atoms with Crippen LogP contribution in [0.2, 0.25) is 4.34 Å². The van der Waals surface area contributed by atoms with Gasteiger partial charge in [0.25, 0.3) is 5.91 Å². The number of halogens is 1. The normalized spacial score (nSPS) is 16.7. The smallest absolute Gasteiger partial charge is 0.270 e. The van der Waals surface area contributed by atoms with Crippen LogP contribution in [0, 0.1) is 0 Å². The van der Waals surface area contributed by atoms with Crippen LogP contribution in [-0.4, -0.2) is 36.8 Å². The molecule has 2 aromatic heterocycles. The topological polar surface area (TPSA) is 51.7 Å². The van der Waals surface area contributed by atoms with Gasteiger partial charge in [0.05, 0.1) is 38.7 Å². The van der Waals surface area contributed by atoms with Gasteiger partial charge in [-0.25, -0.2) is 4.98 Å². The highest BCUT2D eigenvalue weighted by molar-refractivity contribution is 7.22. The maximum Gasteiger partial charge on any atom is 0.270 e. The molecule has 1 saturated heterocycles. The molecule has 1 amide bonds. The van der Waals surface area contributed by atoms with Crippen LogP contribution in [0.3, 0.4) is 0 Å². The minimum absolute atomic E-state index is 0.0374. The molecule has 8 heteroatoms. The molecule has 3 aromatic rings. The van der Waals surface area contributed by atoms with Crippen molar-refractivity contribution in [3.05, 3.63) is 39.5 Å². The first-order valence-corrected chi connectivity index (χ1v) is 10.9. The predicted octanol–water partition coefficient (Wildman–Crippen LogP) is 5.24. The monoisotopic (exact) mass is 422 g/mol. The van der Waals surface area contributed by atoms with E-state index in [1.54, 1.807) is 17.0 Å². The number of nitrogens with zero attached hydrogens (tertiary/aromatic N) is 2. The van der Waals surface area contributed by atoms with Crippen molar-refractivity contribution in [2.75, 3.05) is 24.7 Å². The van der Waals surface area contributed by atoms with Crippen molar-refractivity contribution in [2.45, 2.75) is 25.9 Å². The first-order chi connectivity index (χ1) is 13.1. The number of aromatic nitrogens is 1. The molecule has 1 aliphatic heterocycles. The fraction of sp³-hybridized carbons (Fsp3) is 0.368. The molecule has 0 aliphatic carbocycles. The number of carbonyl (C=O) groups excluding carboxylic acids is 1. The number of thiazole rings is 1. The number of anilines is 1. The van der Waals surface area contributed by atoms with Crippen LogP contribution in [0.15, 0.2) is 30.3 Å². The van der Waals surface area contributed by atoms with Gasteiger partial charge in [0.2, 0.25) is 0 Å². The highest BCUT2D eigenvalue weighted by atomic mass is 35.5. The first-order valence-electron chi connectivity index (χ1n) is 8.86. The summed E-state index contributed by atoms with van der Waals surface area (Å²) in [6, 6.07) is 9.31. The van der Waals surface area contributed by atoms with Crippen molar-refractivity contribution >= 4 is 55.5 Å². The minimum atomic E-state index is -0.0912. The molecule has 3 heterocycles. The number of hydrogen-bond acceptors (Lipinski definition) is 6. The van der Waals surface area contributed by atoms with Crippen LogP contribution in [0.25, 0.3) is 10.2 Å². The molecule has 0 radical (unpaired) electrons. The van der Waals surface area contributed by atoms with Gasteiger partial charge >= 0.3 is 0 Å². The molecular weight excluding hydrogens is 404 g/mol. The SMILES string of the molecule is CCOc1ccc2nc(N(CC3CCCO3)C(=O)c3ccc(Cl)s3)sc2c1. The maximum absolute atomic E-state index is 13.2. The Labute approximate surface area is 170 Å². The van der Waals surface area contributed by atoms with Gasteiger partial charge in [0.1, 0.15) is 5.75 Å². The van der Waals surface area contributed by atoms with Crippen molar-refractivity contribution in [1.29, 1.82) is 0 Å². The van der Waals surface area contributed by atoms with Crippen LogP contribution >= 0.6 is 34.3 Å². The largest absolute Gasteiger partial charge is 0.494 e. The molecule has 27 heavy (non-hydrogen) atoms. The molecular formula is C19H19ClN2O3S2. The Morgan fingerprint density at radius 3 is 2.96 bits per heavy atom. The Morgan fingerprint density at radius 1 is 1.37 bits per heavy atom. The zero-order valence-electron chi connectivity index (χ0n) is 14.8. The van der Waals surface area contributed by atoms with E-state index < -0.39 is 0 Å². The molecule has 0 spiro atoms. The van der Waals surface area contributed by atoms with Crippen LogP contribution in [-0.2, 0) is 4.74 Å². The van der Waals surface area contributed by atoms with Crippen molar-refractivity contribution in [1.82, 2.24) is 4.98 Å². The zero-order chi connectivity index (χ0) is 18.8. The lowest BCUT2D eigenvalue weighted by molar-refractivity contribution is 0.0920. The molecule has 5 nitrogen and oxygen atoms in total.